The largest absolute Gasteiger partial charge is 0.217 e. The average molecular weight is 868 g/mol. The van der Waals surface area contributed by atoms with E-state index in [1.807, 2.05) is 0 Å². The van der Waals surface area contributed by atoms with Crippen molar-refractivity contribution in [1.29, 1.82) is 0 Å². The lowest BCUT2D eigenvalue weighted by Crippen LogP contribution is -2.10. The van der Waals surface area contributed by atoms with E-state index >= 15 is 0 Å². The van der Waals surface area contributed by atoms with Crippen molar-refractivity contribution in [2.45, 2.75) is 125 Å². The van der Waals surface area contributed by atoms with Crippen molar-refractivity contribution >= 4 is 0 Å². The molecule has 0 unspecified atom stereocenters. The fourth-order valence-corrected chi connectivity index (χ4v) is 8.74. The monoisotopic (exact) mass is 868 g/mol. The molecule has 7 aromatic carbocycles. The molecular formula is C63H69N3. The van der Waals surface area contributed by atoms with Gasteiger partial charge in [-0.25, -0.2) is 9.67 Å². The van der Waals surface area contributed by atoms with Crippen molar-refractivity contribution in [3.8, 4) is 72.7 Å². The first-order chi connectivity index (χ1) is 31.1. The van der Waals surface area contributed by atoms with Crippen LogP contribution in [0.1, 0.15) is 125 Å². The maximum atomic E-state index is 5.36. The van der Waals surface area contributed by atoms with Gasteiger partial charge in [-0.2, -0.15) is 0 Å². The highest BCUT2D eigenvalue weighted by molar-refractivity contribution is 5.83. The molecule has 0 aliphatic heterocycles. The third-order valence-electron chi connectivity index (χ3n) is 13.0. The van der Waals surface area contributed by atoms with E-state index in [0.717, 1.165) is 58.0 Å². The Kier molecular flexibility index (Phi) is 12.5. The van der Waals surface area contributed by atoms with Crippen LogP contribution in [0.25, 0.3) is 72.7 Å². The SMILES string of the molecule is CCCc1nc(-c2cccc(-c3cc(-c4ccc(C(C)(C)C)cc4)cc(-c4ccc(C(C)(C)C)cc4)c3)c2)nn1-c1cc(-c2ccc(C(C)(C)C)cc2)cc(-c2ccc(C(C)(C)C)cc2)c1. The van der Waals surface area contributed by atoms with Crippen molar-refractivity contribution < 1.29 is 0 Å². The number of benzene rings is 7. The maximum absolute atomic E-state index is 5.36. The Morgan fingerprint density at radius 1 is 0.348 bits per heavy atom. The van der Waals surface area contributed by atoms with Crippen molar-refractivity contribution in [3.05, 3.63) is 186 Å². The lowest BCUT2D eigenvalue weighted by atomic mass is 9.85. The van der Waals surface area contributed by atoms with Crippen LogP contribution in [0.2, 0.25) is 0 Å². The number of hydrogen-bond donors (Lipinski definition) is 0. The quantitative estimate of drug-likeness (QED) is 0.145. The van der Waals surface area contributed by atoms with Gasteiger partial charge in [-0.05, 0) is 148 Å². The second kappa shape index (κ2) is 17.8. The van der Waals surface area contributed by atoms with Crippen LogP contribution in [0.3, 0.4) is 0 Å². The molecule has 336 valence electrons. The summed E-state index contributed by atoms with van der Waals surface area (Å²) >= 11 is 0. The second-order valence-electron chi connectivity index (χ2n) is 22.5. The van der Waals surface area contributed by atoms with Crippen molar-refractivity contribution in [3.63, 3.8) is 0 Å². The van der Waals surface area contributed by atoms with Gasteiger partial charge in [0.1, 0.15) is 5.82 Å². The first-order valence-corrected chi connectivity index (χ1v) is 23.9. The van der Waals surface area contributed by atoms with Gasteiger partial charge in [0.05, 0.1) is 5.69 Å². The highest BCUT2D eigenvalue weighted by atomic mass is 15.4. The van der Waals surface area contributed by atoms with Crippen LogP contribution in [0.15, 0.2) is 158 Å². The number of aromatic nitrogens is 3. The molecule has 0 atom stereocenters. The molecule has 0 aliphatic rings. The van der Waals surface area contributed by atoms with Gasteiger partial charge in [-0.3, -0.25) is 0 Å². The van der Waals surface area contributed by atoms with E-state index in [0.29, 0.717) is 0 Å². The molecule has 1 heterocycles. The number of nitrogens with zero attached hydrogens (tertiary/aromatic N) is 3. The van der Waals surface area contributed by atoms with Gasteiger partial charge >= 0.3 is 0 Å². The van der Waals surface area contributed by atoms with E-state index in [4.69, 9.17) is 10.1 Å². The summed E-state index contributed by atoms with van der Waals surface area (Å²) in [5.74, 6) is 1.68. The van der Waals surface area contributed by atoms with Gasteiger partial charge in [-0.1, -0.05) is 205 Å². The van der Waals surface area contributed by atoms with E-state index in [9.17, 15) is 0 Å². The minimum Gasteiger partial charge on any atom is -0.217 e. The van der Waals surface area contributed by atoms with Crippen LogP contribution in [-0.4, -0.2) is 14.8 Å². The maximum Gasteiger partial charge on any atom is 0.181 e. The molecule has 8 aromatic rings. The van der Waals surface area contributed by atoms with E-state index < -0.39 is 0 Å². The topological polar surface area (TPSA) is 30.7 Å². The molecule has 66 heavy (non-hydrogen) atoms. The number of hydrogen-bond acceptors (Lipinski definition) is 2. The third-order valence-corrected chi connectivity index (χ3v) is 13.0. The summed E-state index contributed by atoms with van der Waals surface area (Å²) in [7, 11) is 0. The molecular weight excluding hydrogens is 799 g/mol. The lowest BCUT2D eigenvalue weighted by molar-refractivity contribution is 0.590. The summed E-state index contributed by atoms with van der Waals surface area (Å²) < 4.78 is 2.09. The molecule has 0 bridgehead atoms. The van der Waals surface area contributed by atoms with Crippen molar-refractivity contribution in [1.82, 2.24) is 14.8 Å². The summed E-state index contributed by atoms with van der Waals surface area (Å²) in [6, 6.07) is 59.0. The predicted octanol–water partition coefficient (Wildman–Crippen LogP) is 17.4. The molecule has 8 rings (SSSR count). The summed E-state index contributed by atoms with van der Waals surface area (Å²) in [6.45, 7) is 29.4. The summed E-state index contributed by atoms with van der Waals surface area (Å²) in [6.07, 6.45) is 1.76. The molecule has 0 amide bonds. The molecule has 0 radical (unpaired) electrons. The lowest BCUT2D eigenvalue weighted by Gasteiger charge is -2.20. The van der Waals surface area contributed by atoms with E-state index in [-0.39, 0.29) is 21.7 Å². The fourth-order valence-electron chi connectivity index (χ4n) is 8.74. The van der Waals surface area contributed by atoms with Gasteiger partial charge in [0, 0.05) is 12.0 Å². The van der Waals surface area contributed by atoms with Crippen LogP contribution < -0.4 is 0 Å². The number of aryl methyl sites for hydroxylation is 1. The summed E-state index contributed by atoms with van der Waals surface area (Å²) in [5, 5.41) is 5.36. The Morgan fingerprint density at radius 3 is 0.985 bits per heavy atom. The van der Waals surface area contributed by atoms with Gasteiger partial charge < -0.3 is 0 Å². The second-order valence-corrected chi connectivity index (χ2v) is 22.5. The van der Waals surface area contributed by atoms with Crippen LogP contribution >= 0.6 is 0 Å². The highest BCUT2D eigenvalue weighted by Gasteiger charge is 2.20. The predicted molar refractivity (Wildman–Crippen MR) is 283 cm³/mol. The zero-order valence-corrected chi connectivity index (χ0v) is 41.8. The van der Waals surface area contributed by atoms with Gasteiger partial charge in [0.25, 0.3) is 0 Å². The average Bonchev–Trinajstić information content (AvgIpc) is 3.72. The Morgan fingerprint density at radius 2 is 0.652 bits per heavy atom. The molecule has 1 aromatic heterocycles. The first kappa shape index (κ1) is 46.2. The number of rotatable bonds is 9. The molecule has 0 N–H and O–H groups in total. The van der Waals surface area contributed by atoms with Gasteiger partial charge in [0.2, 0.25) is 0 Å². The standard InChI is InChI=1S/C63H69N3/c1-14-16-58-64-59(65-66(58)57-40-51(44-23-31-55(32-24-44)62(8,9)10)39-52(41-57)45-25-33-56(34-26-45)63(11,12)13)47-18-15-17-46(35-47)50-37-48(42-19-27-53(28-20-42)60(2,3)4)36-49(38-50)43-21-29-54(30-22-43)61(5,6)7/h15,17-41H,14,16H2,1-13H3. The van der Waals surface area contributed by atoms with Crippen LogP contribution in [0.5, 0.6) is 0 Å². The van der Waals surface area contributed by atoms with Crippen molar-refractivity contribution in [2.24, 2.45) is 0 Å². The Hall–Kier alpha value is -6.32. The zero-order valence-electron chi connectivity index (χ0n) is 41.8. The minimum absolute atomic E-state index is 0.0751. The smallest absolute Gasteiger partial charge is 0.181 e. The Balaban J connectivity index is 1.23. The Labute approximate surface area is 396 Å². The normalized spacial score (nSPS) is 12.4. The molecule has 3 nitrogen and oxygen atoms in total. The molecule has 0 fully saturated rings. The highest BCUT2D eigenvalue weighted by Crippen LogP contribution is 2.38. The molecule has 3 heteroatoms. The van der Waals surface area contributed by atoms with Crippen LogP contribution in [-0.2, 0) is 28.1 Å². The molecule has 0 spiro atoms. The van der Waals surface area contributed by atoms with Gasteiger partial charge in [-0.15, -0.1) is 5.10 Å². The first-order valence-electron chi connectivity index (χ1n) is 23.9. The molecule has 0 aliphatic carbocycles. The van der Waals surface area contributed by atoms with Crippen LogP contribution in [0, 0.1) is 0 Å². The summed E-state index contributed by atoms with van der Waals surface area (Å²) in [4.78, 5) is 5.30. The van der Waals surface area contributed by atoms with Crippen molar-refractivity contribution in [2.75, 3.05) is 0 Å². The van der Waals surface area contributed by atoms with Gasteiger partial charge in [0.15, 0.2) is 5.82 Å². The van der Waals surface area contributed by atoms with E-state index in [1.165, 1.54) is 55.6 Å². The fraction of sp³-hybridized carbons (Fsp3) is 0.302. The van der Waals surface area contributed by atoms with E-state index in [2.05, 4.69) is 252 Å². The third kappa shape index (κ3) is 10.2. The van der Waals surface area contributed by atoms with Crippen LogP contribution in [0.4, 0.5) is 0 Å². The Bertz CT molecular complexity index is 2800. The van der Waals surface area contributed by atoms with E-state index in [1.54, 1.807) is 0 Å². The zero-order chi connectivity index (χ0) is 47.2. The molecule has 0 saturated carbocycles. The summed E-state index contributed by atoms with van der Waals surface area (Å²) in [5.41, 5.74) is 19.4. The molecule has 0 saturated heterocycles. The minimum atomic E-state index is 0.0751.